The molecule has 26 heavy (non-hydrogen) atoms. The quantitative estimate of drug-likeness (QED) is 0.495. The van der Waals surface area contributed by atoms with Crippen molar-refractivity contribution in [1.82, 2.24) is 19.2 Å². The Morgan fingerprint density at radius 2 is 1.77 bits per heavy atom. The fraction of sp³-hybridized carbons (Fsp3) is 0.250. The lowest BCUT2D eigenvalue weighted by Gasteiger charge is -2.13. The Morgan fingerprint density at radius 1 is 1.04 bits per heavy atom. The molecule has 0 aliphatic carbocycles. The number of aromatic nitrogens is 4. The van der Waals surface area contributed by atoms with Crippen LogP contribution in [0.5, 0.6) is 0 Å². The van der Waals surface area contributed by atoms with Gasteiger partial charge in [0.25, 0.3) is 5.56 Å². The monoisotopic (exact) mass is 364 g/mol. The first-order valence-corrected chi connectivity index (χ1v) is 9.67. The molecule has 6 heteroatoms. The summed E-state index contributed by atoms with van der Waals surface area (Å²) in [5, 5.41) is 10.5. The molecule has 0 aliphatic heterocycles. The van der Waals surface area contributed by atoms with Gasteiger partial charge in [-0.15, -0.1) is 10.2 Å². The average molecular weight is 364 g/mol. The number of aryl methyl sites for hydroxylation is 1. The number of hydrogen-bond acceptors (Lipinski definition) is 4. The van der Waals surface area contributed by atoms with Gasteiger partial charge in [0.05, 0.1) is 10.9 Å². The maximum atomic E-state index is 12.9. The van der Waals surface area contributed by atoms with E-state index in [4.69, 9.17) is 0 Å². The van der Waals surface area contributed by atoms with Gasteiger partial charge in [-0.3, -0.25) is 13.8 Å². The van der Waals surface area contributed by atoms with Crippen LogP contribution in [0.15, 0.2) is 64.5 Å². The summed E-state index contributed by atoms with van der Waals surface area (Å²) < 4.78 is 3.74. The van der Waals surface area contributed by atoms with Crippen LogP contribution in [0.1, 0.15) is 31.1 Å². The molecule has 5 nitrogen and oxygen atoms in total. The van der Waals surface area contributed by atoms with E-state index in [0.29, 0.717) is 17.7 Å². The van der Waals surface area contributed by atoms with Crippen LogP contribution in [0.2, 0.25) is 0 Å². The topological polar surface area (TPSA) is 52.2 Å². The second-order valence-corrected chi connectivity index (χ2v) is 7.57. The summed E-state index contributed by atoms with van der Waals surface area (Å²) in [6.07, 6.45) is 0.865. The molecule has 0 amide bonds. The zero-order valence-electron chi connectivity index (χ0n) is 14.8. The lowest BCUT2D eigenvalue weighted by atomic mass is 10.2. The molecule has 4 rings (SSSR count). The maximum absolute atomic E-state index is 12.9. The van der Waals surface area contributed by atoms with Crippen molar-refractivity contribution < 1.29 is 0 Å². The third-order valence-corrected chi connectivity index (χ3v) is 5.58. The van der Waals surface area contributed by atoms with E-state index >= 15 is 0 Å². The predicted molar refractivity (Wildman–Crippen MR) is 106 cm³/mol. The van der Waals surface area contributed by atoms with Crippen LogP contribution < -0.4 is 5.56 Å². The molecule has 0 N–H and O–H groups in total. The maximum Gasteiger partial charge on any atom is 0.262 e. The lowest BCUT2D eigenvalue weighted by Crippen LogP contribution is -2.23. The third-order valence-electron chi connectivity index (χ3n) is 4.48. The second-order valence-electron chi connectivity index (χ2n) is 6.26. The van der Waals surface area contributed by atoms with Gasteiger partial charge in [-0.25, -0.2) is 0 Å². The Balaban J connectivity index is 1.90. The molecule has 0 fully saturated rings. The fourth-order valence-electron chi connectivity index (χ4n) is 3.19. The van der Waals surface area contributed by atoms with Crippen molar-refractivity contribution in [2.24, 2.45) is 0 Å². The summed E-state index contributed by atoms with van der Waals surface area (Å²) >= 11 is 1.65. The van der Waals surface area contributed by atoms with E-state index in [1.54, 1.807) is 16.3 Å². The van der Waals surface area contributed by atoms with Crippen LogP contribution in [0.25, 0.3) is 16.7 Å². The molecule has 132 valence electrons. The summed E-state index contributed by atoms with van der Waals surface area (Å²) in [5.74, 6) is 0.610. The van der Waals surface area contributed by atoms with Gasteiger partial charge >= 0.3 is 0 Å². The molecule has 0 spiro atoms. The largest absolute Gasteiger partial charge is 0.276 e. The van der Waals surface area contributed by atoms with Crippen molar-refractivity contribution in [3.63, 3.8) is 0 Å². The van der Waals surface area contributed by atoms with Crippen molar-refractivity contribution in [2.45, 2.75) is 37.2 Å². The summed E-state index contributed by atoms with van der Waals surface area (Å²) in [7, 11) is 0. The van der Waals surface area contributed by atoms with Gasteiger partial charge in [0, 0.05) is 11.8 Å². The highest BCUT2D eigenvalue weighted by molar-refractivity contribution is 7.99. The molecule has 4 aromatic rings. The third kappa shape index (κ3) is 2.80. The van der Waals surface area contributed by atoms with Crippen LogP contribution >= 0.6 is 11.8 Å². The van der Waals surface area contributed by atoms with Gasteiger partial charge in [0.2, 0.25) is 5.78 Å². The first-order chi connectivity index (χ1) is 12.7. The zero-order valence-corrected chi connectivity index (χ0v) is 15.6. The van der Waals surface area contributed by atoms with Crippen LogP contribution in [-0.2, 0) is 6.54 Å². The van der Waals surface area contributed by atoms with Crippen molar-refractivity contribution >= 4 is 28.4 Å². The Kier molecular flexibility index (Phi) is 4.51. The van der Waals surface area contributed by atoms with Crippen molar-refractivity contribution in [2.75, 3.05) is 0 Å². The number of thioether (sulfide) groups is 1. The molecule has 0 saturated carbocycles. The van der Waals surface area contributed by atoms with E-state index in [1.807, 2.05) is 46.9 Å². The first-order valence-electron chi connectivity index (χ1n) is 8.79. The Bertz CT molecular complexity index is 1120. The molecule has 2 aromatic carbocycles. The summed E-state index contributed by atoms with van der Waals surface area (Å²) in [6.45, 7) is 4.84. The van der Waals surface area contributed by atoms with Crippen LogP contribution in [0.4, 0.5) is 0 Å². The van der Waals surface area contributed by atoms with Crippen LogP contribution in [0.3, 0.4) is 0 Å². The average Bonchev–Trinajstić information content (AvgIpc) is 3.09. The molecule has 1 unspecified atom stereocenters. The van der Waals surface area contributed by atoms with Crippen molar-refractivity contribution in [3.8, 4) is 0 Å². The van der Waals surface area contributed by atoms with Gasteiger partial charge in [-0.05, 0) is 31.0 Å². The van der Waals surface area contributed by atoms with Gasteiger partial charge in [0.15, 0.2) is 5.16 Å². The molecule has 2 aromatic heterocycles. The molecule has 0 radical (unpaired) electrons. The lowest BCUT2D eigenvalue weighted by molar-refractivity contribution is 0.662. The van der Waals surface area contributed by atoms with E-state index in [2.05, 4.69) is 36.2 Å². The fourth-order valence-corrected chi connectivity index (χ4v) is 4.17. The van der Waals surface area contributed by atoms with Crippen molar-refractivity contribution in [1.29, 1.82) is 0 Å². The normalized spacial score (nSPS) is 12.7. The summed E-state index contributed by atoms with van der Waals surface area (Å²) in [6, 6.07) is 18.0. The van der Waals surface area contributed by atoms with E-state index in [-0.39, 0.29) is 10.8 Å². The van der Waals surface area contributed by atoms with Crippen LogP contribution in [-0.4, -0.2) is 19.2 Å². The molecule has 2 heterocycles. The number of para-hydroxylation sites is 1. The summed E-state index contributed by atoms with van der Waals surface area (Å²) in [5.41, 5.74) is 2.09. The molecular weight excluding hydrogens is 344 g/mol. The minimum atomic E-state index is -0.00462. The number of rotatable bonds is 5. The smallest absolute Gasteiger partial charge is 0.262 e. The molecule has 0 bridgehead atoms. The number of benzene rings is 2. The number of fused-ring (bicyclic) bond motifs is 3. The number of hydrogen-bond donors (Lipinski definition) is 0. The predicted octanol–water partition coefficient (Wildman–Crippen LogP) is 4.31. The minimum absolute atomic E-state index is 0.00462. The zero-order chi connectivity index (χ0) is 18.1. The SMILES string of the molecule is CCCn1c(=O)c2ccccc2n2c(SC(C)c3ccccc3)nnc12. The second kappa shape index (κ2) is 6.96. The highest BCUT2D eigenvalue weighted by Crippen LogP contribution is 2.34. The van der Waals surface area contributed by atoms with Crippen molar-refractivity contribution in [3.05, 3.63) is 70.5 Å². The number of nitrogens with zero attached hydrogens (tertiary/aromatic N) is 4. The highest BCUT2D eigenvalue weighted by Gasteiger charge is 2.18. The van der Waals surface area contributed by atoms with Crippen LogP contribution in [0, 0.1) is 0 Å². The Labute approximate surface area is 155 Å². The molecule has 0 aliphatic rings. The molecule has 1 atom stereocenters. The van der Waals surface area contributed by atoms with E-state index in [0.717, 1.165) is 17.1 Å². The Morgan fingerprint density at radius 3 is 2.54 bits per heavy atom. The molecular formula is C20H20N4OS. The standard InChI is InChI=1S/C20H20N4OS/c1-3-13-23-18(25)16-11-7-8-12-17(16)24-19(23)21-22-20(24)26-14(2)15-9-5-4-6-10-15/h4-12,14H,3,13H2,1-2H3. The Hall–Kier alpha value is -2.60. The first kappa shape index (κ1) is 16.8. The highest BCUT2D eigenvalue weighted by atomic mass is 32.2. The minimum Gasteiger partial charge on any atom is -0.276 e. The molecule has 0 saturated heterocycles. The van der Waals surface area contributed by atoms with E-state index in [9.17, 15) is 4.79 Å². The van der Waals surface area contributed by atoms with E-state index < -0.39 is 0 Å². The van der Waals surface area contributed by atoms with Gasteiger partial charge < -0.3 is 0 Å². The van der Waals surface area contributed by atoms with Gasteiger partial charge in [-0.2, -0.15) is 0 Å². The van der Waals surface area contributed by atoms with Gasteiger partial charge in [-0.1, -0.05) is 61.2 Å². The van der Waals surface area contributed by atoms with E-state index in [1.165, 1.54) is 5.56 Å². The van der Waals surface area contributed by atoms with Gasteiger partial charge in [0.1, 0.15) is 0 Å². The summed E-state index contributed by atoms with van der Waals surface area (Å²) in [4.78, 5) is 12.9.